The summed E-state index contributed by atoms with van der Waals surface area (Å²) in [7, 11) is 0. The van der Waals surface area contributed by atoms with E-state index in [0.717, 1.165) is 42.2 Å². The van der Waals surface area contributed by atoms with Crippen LogP contribution in [0.4, 0.5) is 0 Å². The maximum Gasteiger partial charge on any atom is 0.221 e. The third-order valence-corrected chi connectivity index (χ3v) is 4.18. The van der Waals surface area contributed by atoms with Gasteiger partial charge in [-0.05, 0) is 43.6 Å². The van der Waals surface area contributed by atoms with Crippen LogP contribution in [0.25, 0.3) is 0 Å². The lowest BCUT2D eigenvalue weighted by molar-refractivity contribution is 0.146. The molecule has 4 rings (SSSR count). The summed E-state index contributed by atoms with van der Waals surface area (Å²) in [5.41, 5.74) is 1.12. The smallest absolute Gasteiger partial charge is 0.221 e. The van der Waals surface area contributed by atoms with Gasteiger partial charge in [0.25, 0.3) is 0 Å². The van der Waals surface area contributed by atoms with Gasteiger partial charge in [-0.15, -0.1) is 0 Å². The molecule has 2 aliphatic carbocycles. The largest absolute Gasteiger partial charge is 0.476 e. The molecule has 102 valence electrons. The van der Waals surface area contributed by atoms with Gasteiger partial charge in [0.2, 0.25) is 11.8 Å². The molecule has 0 unspecified atom stereocenters. The third kappa shape index (κ3) is 2.54. The molecule has 0 saturated heterocycles. The molecule has 1 N–H and O–H groups in total. The fraction of sp³-hybridized carbons (Fsp3) is 0.667. The lowest BCUT2D eigenvalue weighted by atomic mass is 10.1. The molecule has 19 heavy (non-hydrogen) atoms. The topological polar surface area (TPSA) is 43.4 Å². The normalized spacial score (nSPS) is 22.6. The van der Waals surface area contributed by atoms with E-state index in [1.807, 2.05) is 6.07 Å². The number of hydrogen-bond donors (Lipinski definition) is 1. The number of nitrogens with one attached hydrogen (secondary N) is 1. The zero-order chi connectivity index (χ0) is 12.7. The Hall–Kier alpha value is -1.29. The van der Waals surface area contributed by atoms with E-state index in [4.69, 9.17) is 9.47 Å². The van der Waals surface area contributed by atoms with E-state index in [2.05, 4.69) is 16.4 Å². The van der Waals surface area contributed by atoms with E-state index in [1.54, 1.807) is 0 Å². The summed E-state index contributed by atoms with van der Waals surface area (Å²) in [6, 6.07) is 4.07. The Labute approximate surface area is 113 Å². The van der Waals surface area contributed by atoms with Crippen molar-refractivity contribution in [2.24, 2.45) is 11.8 Å². The van der Waals surface area contributed by atoms with E-state index in [1.165, 1.54) is 25.7 Å². The molecule has 2 fully saturated rings. The van der Waals surface area contributed by atoms with Crippen molar-refractivity contribution < 1.29 is 9.47 Å². The molecule has 0 spiro atoms. The second kappa shape index (κ2) is 4.67. The van der Waals surface area contributed by atoms with Crippen LogP contribution in [0, 0.1) is 11.8 Å². The van der Waals surface area contributed by atoms with Gasteiger partial charge in [-0.2, -0.15) is 4.98 Å². The summed E-state index contributed by atoms with van der Waals surface area (Å²) in [6.07, 6.45) is 5.70. The molecule has 1 aromatic rings. The Balaban J connectivity index is 1.52. The van der Waals surface area contributed by atoms with Gasteiger partial charge < -0.3 is 14.8 Å². The molecule has 0 atom stereocenters. The molecule has 1 aliphatic heterocycles. The molecular formula is C15H20N2O2. The first-order valence-corrected chi connectivity index (χ1v) is 7.40. The van der Waals surface area contributed by atoms with Crippen molar-refractivity contribution in [3.63, 3.8) is 0 Å². The first kappa shape index (κ1) is 11.5. The van der Waals surface area contributed by atoms with E-state index in [9.17, 15) is 0 Å². The predicted molar refractivity (Wildman–Crippen MR) is 71.3 cm³/mol. The molecule has 1 aromatic heterocycles. The summed E-state index contributed by atoms with van der Waals surface area (Å²) in [4.78, 5) is 4.55. The van der Waals surface area contributed by atoms with E-state index in [-0.39, 0.29) is 0 Å². The van der Waals surface area contributed by atoms with Crippen molar-refractivity contribution in [1.29, 1.82) is 0 Å². The molecule has 0 amide bonds. The molecule has 0 radical (unpaired) electrons. The van der Waals surface area contributed by atoms with Crippen LogP contribution in [0.3, 0.4) is 0 Å². The van der Waals surface area contributed by atoms with Crippen molar-refractivity contribution in [2.75, 3.05) is 13.2 Å². The molecule has 4 nitrogen and oxygen atoms in total. The highest BCUT2D eigenvalue weighted by atomic mass is 16.5. The van der Waals surface area contributed by atoms with Crippen LogP contribution in [0.1, 0.15) is 31.2 Å². The van der Waals surface area contributed by atoms with Crippen LogP contribution in [0.5, 0.6) is 11.8 Å². The van der Waals surface area contributed by atoms with Gasteiger partial charge in [-0.25, -0.2) is 0 Å². The van der Waals surface area contributed by atoms with Crippen LogP contribution in [0.2, 0.25) is 0 Å². The first-order chi connectivity index (χ1) is 9.40. The fourth-order valence-corrected chi connectivity index (χ4v) is 2.79. The van der Waals surface area contributed by atoms with Crippen LogP contribution >= 0.6 is 0 Å². The van der Waals surface area contributed by atoms with Gasteiger partial charge >= 0.3 is 0 Å². The Morgan fingerprint density at radius 3 is 2.74 bits per heavy atom. The minimum atomic E-state index is 0.398. The number of pyridine rings is 1. The van der Waals surface area contributed by atoms with Crippen molar-refractivity contribution in [3.05, 3.63) is 17.7 Å². The number of ether oxygens (including phenoxy) is 2. The first-order valence-electron chi connectivity index (χ1n) is 7.40. The number of aromatic nitrogens is 1. The second-order valence-electron chi connectivity index (χ2n) is 5.90. The highest BCUT2D eigenvalue weighted by Crippen LogP contribution is 2.46. The average Bonchev–Trinajstić information content (AvgIpc) is 3.32. The van der Waals surface area contributed by atoms with E-state index in [0.29, 0.717) is 12.7 Å². The third-order valence-electron chi connectivity index (χ3n) is 4.18. The van der Waals surface area contributed by atoms with Gasteiger partial charge in [-0.1, -0.05) is 0 Å². The Morgan fingerprint density at radius 2 is 2.00 bits per heavy atom. The standard InChI is InChI=1S/C15H20N2O2/c1-2-10(1)14(11-3-4-11)19-13-6-5-12-9-16-7-8-18-15(12)17-13/h5-6,10-11,14,16H,1-4,7-9H2. The van der Waals surface area contributed by atoms with Gasteiger partial charge in [0.15, 0.2) is 0 Å². The van der Waals surface area contributed by atoms with Crippen molar-refractivity contribution in [3.8, 4) is 11.8 Å². The summed E-state index contributed by atoms with van der Waals surface area (Å²) < 4.78 is 11.8. The van der Waals surface area contributed by atoms with Gasteiger partial charge in [0, 0.05) is 24.7 Å². The van der Waals surface area contributed by atoms with E-state index < -0.39 is 0 Å². The average molecular weight is 260 g/mol. The Bertz CT molecular complexity index is 457. The van der Waals surface area contributed by atoms with Gasteiger partial charge in [0.1, 0.15) is 12.7 Å². The minimum absolute atomic E-state index is 0.398. The summed E-state index contributed by atoms with van der Waals surface area (Å²) in [5.74, 6) is 3.03. The quantitative estimate of drug-likeness (QED) is 0.900. The minimum Gasteiger partial charge on any atom is -0.476 e. The summed E-state index contributed by atoms with van der Waals surface area (Å²) in [5, 5.41) is 3.31. The van der Waals surface area contributed by atoms with Gasteiger partial charge in [0.05, 0.1) is 0 Å². The monoisotopic (exact) mass is 260 g/mol. The SMILES string of the molecule is c1cc2c(nc1OC(C1CC1)C1CC1)OCCNC2. The van der Waals surface area contributed by atoms with Crippen LogP contribution < -0.4 is 14.8 Å². The van der Waals surface area contributed by atoms with E-state index >= 15 is 0 Å². The van der Waals surface area contributed by atoms with Gasteiger partial charge in [-0.3, -0.25) is 0 Å². The maximum absolute atomic E-state index is 6.16. The summed E-state index contributed by atoms with van der Waals surface area (Å²) >= 11 is 0. The number of hydrogen-bond acceptors (Lipinski definition) is 4. The van der Waals surface area contributed by atoms with Crippen LogP contribution in [0.15, 0.2) is 12.1 Å². The predicted octanol–water partition coefficient (Wildman–Crippen LogP) is 2.13. The molecule has 0 aromatic carbocycles. The lowest BCUT2D eigenvalue weighted by Gasteiger charge is -2.18. The molecule has 4 heteroatoms. The lowest BCUT2D eigenvalue weighted by Crippen LogP contribution is -2.22. The second-order valence-corrected chi connectivity index (χ2v) is 5.90. The maximum atomic E-state index is 6.16. The highest BCUT2D eigenvalue weighted by Gasteiger charge is 2.43. The highest BCUT2D eigenvalue weighted by molar-refractivity contribution is 5.31. The number of fused-ring (bicyclic) bond motifs is 1. The zero-order valence-electron chi connectivity index (χ0n) is 11.1. The molecule has 2 saturated carbocycles. The number of rotatable bonds is 4. The van der Waals surface area contributed by atoms with Crippen molar-refractivity contribution >= 4 is 0 Å². The Kier molecular flexibility index (Phi) is 2.84. The summed E-state index contributed by atoms with van der Waals surface area (Å²) in [6.45, 7) is 2.38. The number of nitrogens with zero attached hydrogens (tertiary/aromatic N) is 1. The molecule has 0 bridgehead atoms. The van der Waals surface area contributed by atoms with Crippen molar-refractivity contribution in [2.45, 2.75) is 38.3 Å². The fourth-order valence-electron chi connectivity index (χ4n) is 2.79. The molecule has 3 aliphatic rings. The Morgan fingerprint density at radius 1 is 1.21 bits per heavy atom. The van der Waals surface area contributed by atoms with Crippen LogP contribution in [-0.2, 0) is 6.54 Å². The van der Waals surface area contributed by atoms with Crippen LogP contribution in [-0.4, -0.2) is 24.2 Å². The van der Waals surface area contributed by atoms with Crippen molar-refractivity contribution in [1.82, 2.24) is 10.3 Å². The molecular weight excluding hydrogens is 240 g/mol. The molecule has 2 heterocycles. The zero-order valence-corrected chi connectivity index (χ0v) is 11.1.